The van der Waals surface area contributed by atoms with E-state index in [0.717, 1.165) is 17.2 Å². The van der Waals surface area contributed by atoms with E-state index in [9.17, 15) is 8.78 Å². The third-order valence-corrected chi connectivity index (χ3v) is 3.42. The Balaban J connectivity index is 2.28. The Morgan fingerprint density at radius 2 is 1.90 bits per heavy atom. The molecule has 0 bridgehead atoms. The Morgan fingerprint density at radius 3 is 2.62 bits per heavy atom. The van der Waals surface area contributed by atoms with E-state index in [1.165, 1.54) is 6.07 Å². The number of fused-ring (bicyclic) bond motifs is 1. The first-order valence-electron chi connectivity index (χ1n) is 6.72. The molecule has 3 rings (SSSR count). The van der Waals surface area contributed by atoms with Crippen molar-refractivity contribution in [3.63, 3.8) is 0 Å². The second-order valence-electron chi connectivity index (χ2n) is 5.00. The van der Waals surface area contributed by atoms with Crippen molar-refractivity contribution in [3.8, 4) is 11.4 Å². The number of aryl methyl sites for hydroxylation is 1. The van der Waals surface area contributed by atoms with Gasteiger partial charge in [0.1, 0.15) is 5.82 Å². The van der Waals surface area contributed by atoms with E-state index in [0.29, 0.717) is 29.9 Å². The predicted molar refractivity (Wildman–Crippen MR) is 78.9 cm³/mol. The van der Waals surface area contributed by atoms with E-state index in [2.05, 4.69) is 4.98 Å². The third kappa shape index (κ3) is 2.40. The highest BCUT2D eigenvalue weighted by atomic mass is 19.2. The molecule has 0 radical (unpaired) electrons. The van der Waals surface area contributed by atoms with E-state index in [1.807, 2.05) is 35.8 Å². The van der Waals surface area contributed by atoms with Crippen LogP contribution in [0.3, 0.4) is 0 Å². The van der Waals surface area contributed by atoms with Crippen molar-refractivity contribution in [1.29, 1.82) is 0 Å². The largest absolute Gasteiger partial charge is 0.329 e. The van der Waals surface area contributed by atoms with Gasteiger partial charge in [0.05, 0.1) is 11.0 Å². The van der Waals surface area contributed by atoms with Crippen LogP contribution in [0.1, 0.15) is 5.56 Å². The lowest BCUT2D eigenvalue weighted by Gasteiger charge is -2.08. The number of nitrogens with two attached hydrogens (primary N) is 1. The first-order valence-corrected chi connectivity index (χ1v) is 6.72. The van der Waals surface area contributed by atoms with Gasteiger partial charge in [-0.15, -0.1) is 0 Å². The van der Waals surface area contributed by atoms with Crippen LogP contribution >= 0.6 is 0 Å². The van der Waals surface area contributed by atoms with Crippen molar-refractivity contribution in [3.05, 3.63) is 53.6 Å². The average molecular weight is 287 g/mol. The van der Waals surface area contributed by atoms with Crippen molar-refractivity contribution in [1.82, 2.24) is 9.55 Å². The molecular formula is C16H15F2N3. The molecule has 1 aromatic heterocycles. The SMILES string of the molecule is Cc1cccc(-c2nc3cc(F)c(F)cc3n2CCN)c1. The summed E-state index contributed by atoms with van der Waals surface area (Å²) in [6.45, 7) is 2.87. The minimum atomic E-state index is -0.893. The lowest BCUT2D eigenvalue weighted by molar-refractivity contribution is 0.510. The second-order valence-corrected chi connectivity index (χ2v) is 5.00. The smallest absolute Gasteiger partial charge is 0.161 e. The Labute approximate surface area is 121 Å². The van der Waals surface area contributed by atoms with Crippen LogP contribution < -0.4 is 5.73 Å². The molecule has 0 saturated carbocycles. The fourth-order valence-corrected chi connectivity index (χ4v) is 2.48. The summed E-state index contributed by atoms with van der Waals surface area (Å²) in [5.41, 5.74) is 8.62. The minimum Gasteiger partial charge on any atom is -0.329 e. The topological polar surface area (TPSA) is 43.8 Å². The molecule has 0 unspecified atom stereocenters. The summed E-state index contributed by atoms with van der Waals surface area (Å²) in [4.78, 5) is 4.45. The van der Waals surface area contributed by atoms with Crippen molar-refractivity contribution in [2.75, 3.05) is 6.54 Å². The zero-order valence-electron chi connectivity index (χ0n) is 11.6. The zero-order valence-corrected chi connectivity index (χ0v) is 11.6. The molecule has 108 valence electrons. The van der Waals surface area contributed by atoms with Crippen molar-refractivity contribution < 1.29 is 8.78 Å². The van der Waals surface area contributed by atoms with Crippen LogP contribution in [0.5, 0.6) is 0 Å². The molecule has 2 N–H and O–H groups in total. The van der Waals surface area contributed by atoms with Crippen LogP contribution in [0.2, 0.25) is 0 Å². The highest BCUT2D eigenvalue weighted by Crippen LogP contribution is 2.26. The minimum absolute atomic E-state index is 0.392. The highest BCUT2D eigenvalue weighted by molar-refractivity contribution is 5.81. The van der Waals surface area contributed by atoms with E-state index in [-0.39, 0.29) is 0 Å². The molecule has 0 atom stereocenters. The van der Waals surface area contributed by atoms with Crippen LogP contribution in [-0.2, 0) is 6.54 Å². The number of hydrogen-bond acceptors (Lipinski definition) is 2. The van der Waals surface area contributed by atoms with Gasteiger partial charge in [-0.25, -0.2) is 13.8 Å². The first kappa shape index (κ1) is 13.7. The monoisotopic (exact) mass is 287 g/mol. The Bertz CT molecular complexity index is 809. The van der Waals surface area contributed by atoms with Crippen LogP contribution in [0.25, 0.3) is 22.4 Å². The highest BCUT2D eigenvalue weighted by Gasteiger charge is 2.15. The molecule has 3 nitrogen and oxygen atoms in total. The molecule has 5 heteroatoms. The van der Waals surface area contributed by atoms with Gasteiger partial charge < -0.3 is 10.3 Å². The molecule has 0 spiro atoms. The van der Waals surface area contributed by atoms with Gasteiger partial charge in [0.15, 0.2) is 11.6 Å². The molecule has 0 aliphatic carbocycles. The van der Waals surface area contributed by atoms with Gasteiger partial charge in [-0.3, -0.25) is 0 Å². The maximum absolute atomic E-state index is 13.5. The summed E-state index contributed by atoms with van der Waals surface area (Å²) in [5, 5.41) is 0. The van der Waals surface area contributed by atoms with Gasteiger partial charge in [-0.05, 0) is 13.0 Å². The summed E-state index contributed by atoms with van der Waals surface area (Å²) in [6, 6.07) is 10.1. The van der Waals surface area contributed by atoms with E-state index in [1.54, 1.807) is 0 Å². The molecule has 3 aromatic rings. The molecule has 0 aliphatic rings. The lowest BCUT2D eigenvalue weighted by atomic mass is 10.1. The molecule has 0 aliphatic heterocycles. The predicted octanol–water partition coefficient (Wildman–Crippen LogP) is 3.25. The molecule has 0 fully saturated rings. The van der Waals surface area contributed by atoms with Crippen LogP contribution in [-0.4, -0.2) is 16.1 Å². The average Bonchev–Trinajstić information content (AvgIpc) is 2.78. The summed E-state index contributed by atoms with van der Waals surface area (Å²) in [5.74, 6) is -1.10. The van der Waals surface area contributed by atoms with E-state index in [4.69, 9.17) is 5.73 Å². The Hall–Kier alpha value is -2.27. The molecule has 0 saturated heterocycles. The number of rotatable bonds is 3. The molecular weight excluding hydrogens is 272 g/mol. The Kier molecular flexibility index (Phi) is 3.43. The van der Waals surface area contributed by atoms with Gasteiger partial charge in [0.25, 0.3) is 0 Å². The van der Waals surface area contributed by atoms with Gasteiger partial charge in [-0.1, -0.05) is 23.8 Å². The zero-order chi connectivity index (χ0) is 15.0. The molecule has 0 amide bonds. The maximum atomic E-state index is 13.5. The van der Waals surface area contributed by atoms with Gasteiger partial charge in [0, 0.05) is 30.8 Å². The van der Waals surface area contributed by atoms with Crippen LogP contribution in [0.15, 0.2) is 36.4 Å². The Morgan fingerprint density at radius 1 is 1.14 bits per heavy atom. The normalized spacial score (nSPS) is 11.2. The number of hydrogen-bond donors (Lipinski definition) is 1. The first-order chi connectivity index (χ1) is 10.1. The number of benzene rings is 2. The summed E-state index contributed by atoms with van der Waals surface area (Å²) in [6.07, 6.45) is 0. The van der Waals surface area contributed by atoms with Crippen molar-refractivity contribution in [2.24, 2.45) is 5.73 Å². The van der Waals surface area contributed by atoms with Gasteiger partial charge >= 0.3 is 0 Å². The third-order valence-electron chi connectivity index (χ3n) is 3.42. The van der Waals surface area contributed by atoms with Crippen LogP contribution in [0, 0.1) is 18.6 Å². The number of halogens is 2. The molecule has 2 aromatic carbocycles. The van der Waals surface area contributed by atoms with E-state index >= 15 is 0 Å². The summed E-state index contributed by atoms with van der Waals surface area (Å²) < 4.78 is 28.7. The van der Waals surface area contributed by atoms with Gasteiger partial charge in [0.2, 0.25) is 0 Å². The fourth-order valence-electron chi connectivity index (χ4n) is 2.48. The number of nitrogens with zero attached hydrogens (tertiary/aromatic N) is 2. The fraction of sp³-hybridized carbons (Fsp3) is 0.188. The number of aromatic nitrogens is 2. The lowest BCUT2D eigenvalue weighted by Crippen LogP contribution is -2.11. The van der Waals surface area contributed by atoms with Crippen molar-refractivity contribution in [2.45, 2.75) is 13.5 Å². The van der Waals surface area contributed by atoms with Crippen molar-refractivity contribution >= 4 is 11.0 Å². The molecule has 1 heterocycles. The number of imidazole rings is 1. The van der Waals surface area contributed by atoms with Gasteiger partial charge in [-0.2, -0.15) is 0 Å². The van der Waals surface area contributed by atoms with E-state index < -0.39 is 11.6 Å². The summed E-state index contributed by atoms with van der Waals surface area (Å²) in [7, 11) is 0. The maximum Gasteiger partial charge on any atom is 0.161 e. The van der Waals surface area contributed by atoms with Crippen LogP contribution in [0.4, 0.5) is 8.78 Å². The molecule has 21 heavy (non-hydrogen) atoms. The standard InChI is InChI=1S/C16H15F2N3/c1-10-3-2-4-11(7-10)16-20-14-8-12(17)13(18)9-15(14)21(16)6-5-19/h2-4,7-9H,5-6,19H2,1H3. The quantitative estimate of drug-likeness (QED) is 0.803. The summed E-state index contributed by atoms with van der Waals surface area (Å²) >= 11 is 0. The second kappa shape index (κ2) is 5.26.